The molecule has 0 fully saturated rings. The molecule has 2 aromatic carbocycles. The number of sulfonamides is 1. The van der Waals surface area contributed by atoms with Gasteiger partial charge in [0.1, 0.15) is 0 Å². The summed E-state index contributed by atoms with van der Waals surface area (Å²) in [5.41, 5.74) is 1.74. The number of nitrogens with one attached hydrogen (secondary N) is 1. The molecular formula is C19H22N2O5S2. The van der Waals surface area contributed by atoms with Crippen LogP contribution in [-0.2, 0) is 26.3 Å². The van der Waals surface area contributed by atoms with Crippen molar-refractivity contribution < 1.29 is 21.6 Å². The molecule has 1 unspecified atom stereocenters. The Bertz CT molecular complexity index is 1100. The van der Waals surface area contributed by atoms with Gasteiger partial charge in [-0.15, -0.1) is 0 Å². The molecule has 1 amide bonds. The summed E-state index contributed by atoms with van der Waals surface area (Å²) in [4.78, 5) is 12.6. The lowest BCUT2D eigenvalue weighted by molar-refractivity contribution is 0.0956. The van der Waals surface area contributed by atoms with E-state index in [0.717, 1.165) is 11.8 Å². The molecule has 0 aromatic heterocycles. The summed E-state index contributed by atoms with van der Waals surface area (Å²) >= 11 is 0. The fourth-order valence-electron chi connectivity index (χ4n) is 3.40. The Kier molecular flexibility index (Phi) is 5.49. The van der Waals surface area contributed by atoms with Crippen LogP contribution in [0.15, 0.2) is 53.4 Å². The second-order valence-corrected chi connectivity index (χ2v) is 10.8. The molecular weight excluding hydrogens is 400 g/mol. The van der Waals surface area contributed by atoms with Gasteiger partial charge in [0.2, 0.25) is 10.0 Å². The number of hydrogen-bond donors (Lipinski definition) is 1. The first-order valence-corrected chi connectivity index (χ1v) is 12.3. The van der Waals surface area contributed by atoms with E-state index in [-0.39, 0.29) is 23.2 Å². The van der Waals surface area contributed by atoms with Crippen LogP contribution in [0.1, 0.15) is 22.8 Å². The highest BCUT2D eigenvalue weighted by Gasteiger charge is 2.32. The monoisotopic (exact) mass is 422 g/mol. The zero-order chi connectivity index (χ0) is 20.5. The number of amides is 1. The van der Waals surface area contributed by atoms with E-state index in [4.69, 9.17) is 0 Å². The zero-order valence-electron chi connectivity index (χ0n) is 15.6. The van der Waals surface area contributed by atoms with Crippen LogP contribution in [0.2, 0.25) is 0 Å². The van der Waals surface area contributed by atoms with E-state index in [0.29, 0.717) is 17.7 Å². The van der Waals surface area contributed by atoms with Crippen molar-refractivity contribution in [2.24, 2.45) is 0 Å². The molecule has 1 atom stereocenters. The van der Waals surface area contributed by atoms with Gasteiger partial charge in [0, 0.05) is 18.2 Å². The summed E-state index contributed by atoms with van der Waals surface area (Å²) in [6.07, 6.45) is 1.68. The summed E-state index contributed by atoms with van der Waals surface area (Å²) < 4.78 is 49.8. The van der Waals surface area contributed by atoms with E-state index < -0.39 is 25.8 Å². The third-order valence-corrected chi connectivity index (χ3v) is 7.61. The van der Waals surface area contributed by atoms with Crippen molar-refractivity contribution in [1.82, 2.24) is 5.32 Å². The summed E-state index contributed by atoms with van der Waals surface area (Å²) in [6.45, 7) is 1.80. The molecule has 1 N–H and O–H groups in total. The van der Waals surface area contributed by atoms with E-state index in [1.54, 1.807) is 36.4 Å². The van der Waals surface area contributed by atoms with Crippen molar-refractivity contribution in [2.75, 3.05) is 22.9 Å². The molecule has 1 heterocycles. The quantitative estimate of drug-likeness (QED) is 0.762. The molecule has 9 heteroatoms. The summed E-state index contributed by atoms with van der Waals surface area (Å²) in [7, 11) is -6.86. The Hall–Kier alpha value is -2.39. The average Bonchev–Trinajstić information content (AvgIpc) is 2.97. The molecule has 7 nitrogen and oxygen atoms in total. The van der Waals surface area contributed by atoms with Crippen molar-refractivity contribution in [1.29, 1.82) is 0 Å². The third kappa shape index (κ3) is 4.20. The van der Waals surface area contributed by atoms with Gasteiger partial charge in [-0.05, 0) is 49.2 Å². The van der Waals surface area contributed by atoms with Crippen LogP contribution in [-0.4, -0.2) is 47.3 Å². The summed E-state index contributed by atoms with van der Waals surface area (Å²) in [5, 5.41) is 2.62. The minimum atomic E-state index is -3.47. The van der Waals surface area contributed by atoms with Crippen molar-refractivity contribution in [3.63, 3.8) is 0 Å². The Labute approximate surface area is 165 Å². The van der Waals surface area contributed by atoms with Crippen molar-refractivity contribution in [3.05, 3.63) is 59.7 Å². The van der Waals surface area contributed by atoms with Crippen molar-refractivity contribution in [2.45, 2.75) is 24.3 Å². The van der Waals surface area contributed by atoms with E-state index in [1.165, 1.54) is 16.4 Å². The highest BCUT2D eigenvalue weighted by molar-refractivity contribution is 7.92. The van der Waals surface area contributed by atoms with Gasteiger partial charge in [-0.25, -0.2) is 16.8 Å². The molecule has 28 heavy (non-hydrogen) atoms. The number of carbonyl (C=O) groups excluding carboxylic acids is 1. The van der Waals surface area contributed by atoms with E-state index in [9.17, 15) is 21.6 Å². The number of sulfone groups is 1. The van der Waals surface area contributed by atoms with Gasteiger partial charge < -0.3 is 5.32 Å². The Morgan fingerprint density at radius 2 is 1.79 bits per heavy atom. The van der Waals surface area contributed by atoms with Crippen LogP contribution in [0.25, 0.3) is 0 Å². The Morgan fingerprint density at radius 3 is 2.43 bits per heavy atom. The SMILES string of the molecule is CC1Cc2cc(C(=O)NCCS(=O)(=O)c3ccccc3)ccc2N1S(C)(=O)=O. The van der Waals surface area contributed by atoms with Crippen LogP contribution in [0.3, 0.4) is 0 Å². The maximum atomic E-state index is 12.4. The van der Waals surface area contributed by atoms with Gasteiger partial charge in [-0.1, -0.05) is 18.2 Å². The zero-order valence-corrected chi connectivity index (χ0v) is 17.3. The number of hydrogen-bond acceptors (Lipinski definition) is 5. The first-order chi connectivity index (χ1) is 13.1. The Morgan fingerprint density at radius 1 is 1.11 bits per heavy atom. The number of rotatable bonds is 6. The van der Waals surface area contributed by atoms with Crippen molar-refractivity contribution in [3.8, 4) is 0 Å². The van der Waals surface area contributed by atoms with Crippen LogP contribution < -0.4 is 9.62 Å². The molecule has 3 rings (SSSR count). The molecule has 0 saturated carbocycles. The standard InChI is InChI=1S/C19H22N2O5S2/c1-14-12-16-13-15(8-9-18(16)21(14)27(2,23)24)19(22)20-10-11-28(25,26)17-6-4-3-5-7-17/h3-9,13-14H,10-12H2,1-2H3,(H,20,22). The van der Waals surface area contributed by atoms with Gasteiger partial charge in [-0.3, -0.25) is 9.10 Å². The van der Waals surface area contributed by atoms with E-state index >= 15 is 0 Å². The highest BCUT2D eigenvalue weighted by atomic mass is 32.2. The smallest absolute Gasteiger partial charge is 0.251 e. The maximum Gasteiger partial charge on any atom is 0.251 e. The molecule has 0 spiro atoms. The first-order valence-electron chi connectivity index (χ1n) is 8.78. The predicted molar refractivity (Wildman–Crippen MR) is 108 cm³/mol. The average molecular weight is 423 g/mol. The van der Waals surface area contributed by atoms with Gasteiger partial charge in [-0.2, -0.15) is 0 Å². The van der Waals surface area contributed by atoms with Crippen LogP contribution >= 0.6 is 0 Å². The van der Waals surface area contributed by atoms with Gasteiger partial charge in [0.25, 0.3) is 5.91 Å². The van der Waals surface area contributed by atoms with Crippen molar-refractivity contribution >= 4 is 31.5 Å². The molecule has 0 radical (unpaired) electrons. The molecule has 1 aliphatic heterocycles. The largest absolute Gasteiger partial charge is 0.351 e. The number of anilines is 1. The molecule has 0 bridgehead atoms. The first kappa shape index (κ1) is 20.3. The summed E-state index contributed by atoms with van der Waals surface area (Å²) in [5.74, 6) is -0.594. The molecule has 150 valence electrons. The van der Waals surface area contributed by atoms with Crippen LogP contribution in [0.5, 0.6) is 0 Å². The molecule has 2 aromatic rings. The number of carbonyl (C=O) groups is 1. The normalized spacial score (nSPS) is 16.6. The maximum absolute atomic E-state index is 12.4. The third-order valence-electron chi connectivity index (χ3n) is 4.61. The lowest BCUT2D eigenvalue weighted by Crippen LogP contribution is -2.34. The van der Waals surface area contributed by atoms with Crippen LogP contribution in [0, 0.1) is 0 Å². The topological polar surface area (TPSA) is 101 Å². The second-order valence-electron chi connectivity index (χ2n) is 6.84. The predicted octanol–water partition coefficient (Wildman–Crippen LogP) is 1.60. The fourth-order valence-corrected chi connectivity index (χ4v) is 5.84. The second kappa shape index (κ2) is 7.56. The van der Waals surface area contributed by atoms with E-state index in [2.05, 4.69) is 5.32 Å². The lowest BCUT2D eigenvalue weighted by atomic mass is 10.1. The Balaban J connectivity index is 1.67. The molecule has 0 aliphatic carbocycles. The van der Waals surface area contributed by atoms with Crippen LogP contribution in [0.4, 0.5) is 5.69 Å². The highest BCUT2D eigenvalue weighted by Crippen LogP contribution is 2.34. The van der Waals surface area contributed by atoms with Gasteiger partial charge in [0.15, 0.2) is 9.84 Å². The van der Waals surface area contributed by atoms with Gasteiger partial charge >= 0.3 is 0 Å². The van der Waals surface area contributed by atoms with Gasteiger partial charge in [0.05, 0.1) is 22.6 Å². The number of benzene rings is 2. The van der Waals surface area contributed by atoms with E-state index in [1.807, 2.05) is 6.92 Å². The molecule has 1 aliphatic rings. The minimum absolute atomic E-state index is 0.0149. The summed E-state index contributed by atoms with van der Waals surface area (Å²) in [6, 6.07) is 12.7. The molecule has 0 saturated heterocycles. The number of fused-ring (bicyclic) bond motifs is 1. The minimum Gasteiger partial charge on any atom is -0.351 e. The lowest BCUT2D eigenvalue weighted by Gasteiger charge is -2.21. The number of nitrogens with zero attached hydrogens (tertiary/aromatic N) is 1. The fraction of sp³-hybridized carbons (Fsp3) is 0.316.